The van der Waals surface area contributed by atoms with E-state index in [-0.39, 0.29) is 44.6 Å². The Morgan fingerprint density at radius 1 is 1.08 bits per heavy atom. The summed E-state index contributed by atoms with van der Waals surface area (Å²) < 4.78 is 87.1. The lowest BCUT2D eigenvalue weighted by Gasteiger charge is -2.31. The van der Waals surface area contributed by atoms with Gasteiger partial charge in [-0.25, -0.2) is 17.6 Å². The molecule has 3 N–H and O–H groups in total. The number of hydrogen-bond acceptors (Lipinski definition) is 9. The van der Waals surface area contributed by atoms with Crippen molar-refractivity contribution < 1.29 is 49.9 Å². The van der Waals surface area contributed by atoms with E-state index in [0.717, 1.165) is 17.2 Å². The van der Waals surface area contributed by atoms with Crippen LogP contribution in [0.3, 0.4) is 0 Å². The van der Waals surface area contributed by atoms with Crippen molar-refractivity contribution in [1.29, 1.82) is 0 Å². The number of likely N-dealkylation sites (tertiary alicyclic amines) is 1. The quantitative estimate of drug-likeness (QED) is 0.312. The van der Waals surface area contributed by atoms with E-state index < -0.39 is 86.3 Å². The van der Waals surface area contributed by atoms with Crippen LogP contribution in [-0.2, 0) is 48.4 Å². The van der Waals surface area contributed by atoms with Gasteiger partial charge < -0.3 is 20.3 Å². The maximum atomic E-state index is 14.3. The number of fused-ring (bicyclic) bond motifs is 1. The van der Waals surface area contributed by atoms with Gasteiger partial charge in [-0.3, -0.25) is 29.0 Å². The molecule has 1 saturated heterocycles. The van der Waals surface area contributed by atoms with Crippen molar-refractivity contribution in [2.45, 2.75) is 94.2 Å². The average Bonchev–Trinajstić information content (AvgIpc) is 3.96. The third kappa shape index (κ3) is 7.34. The molecular formula is C32H36F4N6O7S. The van der Waals surface area contributed by atoms with E-state index in [4.69, 9.17) is 4.74 Å². The van der Waals surface area contributed by atoms with Gasteiger partial charge >= 0.3 is 12.3 Å². The van der Waals surface area contributed by atoms with Crippen LogP contribution in [0.5, 0.6) is 0 Å². The number of anilines is 1. The number of carbonyl (C=O) groups excluding carboxylic acids is 4. The summed E-state index contributed by atoms with van der Waals surface area (Å²) in [5, 5.41) is 4.73. The summed E-state index contributed by atoms with van der Waals surface area (Å²) in [6.45, 7) is 3.04. The molecule has 6 rings (SSSR count). The molecule has 13 nitrogen and oxygen atoms in total. The monoisotopic (exact) mass is 724 g/mol. The second-order valence-electron chi connectivity index (χ2n) is 13.6. The molecule has 4 aliphatic rings. The van der Waals surface area contributed by atoms with Gasteiger partial charge in [0.25, 0.3) is 5.91 Å². The fourth-order valence-electron chi connectivity index (χ4n) is 6.19. The standard InChI is InChI=1S/C32H36F4N6O7S/c1-17(2)26(38-20-10-19(12-37-13-20)32(34,35)36)28(44)42-15-21(49-30(46)41-14-18-4-3-5-24(33)23(18)16-41)11-25(42)27(43)39-31(8-9-31)29(45)40-50(47,48)22-6-7-22/h3-5,10,12-13,17,21-22,25-26,38H,6-9,11,14-16H2,1-2H3,(H,39,43)(H,40,45)/t21-,25+,26+/m1/s1. The highest BCUT2D eigenvalue weighted by Crippen LogP contribution is 2.38. The highest BCUT2D eigenvalue weighted by atomic mass is 32.2. The first-order valence-corrected chi connectivity index (χ1v) is 17.7. The molecule has 18 heteroatoms. The predicted molar refractivity (Wildman–Crippen MR) is 168 cm³/mol. The van der Waals surface area contributed by atoms with Crippen molar-refractivity contribution in [3.8, 4) is 0 Å². The zero-order valence-corrected chi connectivity index (χ0v) is 27.9. The van der Waals surface area contributed by atoms with Crippen molar-refractivity contribution >= 4 is 39.5 Å². The van der Waals surface area contributed by atoms with E-state index in [0.29, 0.717) is 30.2 Å². The van der Waals surface area contributed by atoms with Crippen LogP contribution in [-0.4, -0.2) is 82.5 Å². The van der Waals surface area contributed by atoms with Gasteiger partial charge in [-0.05, 0) is 49.3 Å². The molecule has 1 aromatic carbocycles. The summed E-state index contributed by atoms with van der Waals surface area (Å²) >= 11 is 0. The second kappa shape index (κ2) is 13.0. The molecule has 2 aliphatic carbocycles. The van der Waals surface area contributed by atoms with Gasteiger partial charge in [0.2, 0.25) is 21.8 Å². The number of halogens is 4. The molecule has 2 aliphatic heterocycles. The Hall–Kier alpha value is -4.48. The van der Waals surface area contributed by atoms with Gasteiger partial charge in [0.05, 0.1) is 29.6 Å². The van der Waals surface area contributed by atoms with Crippen LogP contribution in [0.1, 0.15) is 62.6 Å². The number of benzene rings is 1. The summed E-state index contributed by atoms with van der Waals surface area (Å²) in [6, 6.07) is 2.82. The number of pyridine rings is 1. The molecule has 3 atom stereocenters. The van der Waals surface area contributed by atoms with Crippen LogP contribution in [0.15, 0.2) is 36.7 Å². The molecule has 270 valence electrons. The number of nitrogens with zero attached hydrogens (tertiary/aromatic N) is 3. The first-order chi connectivity index (χ1) is 23.5. The highest BCUT2D eigenvalue weighted by Gasteiger charge is 2.55. The number of nitrogens with one attached hydrogen (secondary N) is 3. The second-order valence-corrected chi connectivity index (χ2v) is 15.5. The van der Waals surface area contributed by atoms with Crippen LogP contribution in [0.2, 0.25) is 0 Å². The predicted octanol–water partition coefficient (Wildman–Crippen LogP) is 3.06. The van der Waals surface area contributed by atoms with Gasteiger partial charge in [0.1, 0.15) is 29.5 Å². The minimum atomic E-state index is -4.69. The smallest absolute Gasteiger partial charge is 0.417 e. The van der Waals surface area contributed by atoms with Crippen molar-refractivity contribution in [3.05, 3.63) is 59.2 Å². The zero-order chi connectivity index (χ0) is 36.2. The summed E-state index contributed by atoms with van der Waals surface area (Å²) in [4.78, 5) is 60.2. The third-order valence-electron chi connectivity index (χ3n) is 9.37. The molecule has 0 spiro atoms. The Balaban J connectivity index is 1.21. The minimum absolute atomic E-state index is 0.0497. The molecule has 0 unspecified atom stereocenters. The Bertz CT molecular complexity index is 1820. The van der Waals surface area contributed by atoms with E-state index in [1.54, 1.807) is 19.9 Å². The minimum Gasteiger partial charge on any atom is -0.444 e. The van der Waals surface area contributed by atoms with E-state index in [9.17, 15) is 45.2 Å². The largest absolute Gasteiger partial charge is 0.444 e. The molecule has 50 heavy (non-hydrogen) atoms. The lowest BCUT2D eigenvalue weighted by Crippen LogP contribution is -2.57. The third-order valence-corrected chi connectivity index (χ3v) is 11.2. The number of rotatable bonds is 10. The van der Waals surface area contributed by atoms with Crippen LogP contribution in [0, 0.1) is 11.7 Å². The molecule has 2 saturated carbocycles. The van der Waals surface area contributed by atoms with Crippen molar-refractivity contribution in [3.63, 3.8) is 0 Å². The number of aromatic nitrogens is 1. The number of hydrogen-bond donors (Lipinski definition) is 3. The van der Waals surface area contributed by atoms with Gasteiger partial charge in [-0.1, -0.05) is 26.0 Å². The molecule has 1 aromatic heterocycles. The van der Waals surface area contributed by atoms with Crippen LogP contribution >= 0.6 is 0 Å². The number of ether oxygens (including phenoxy) is 1. The van der Waals surface area contributed by atoms with Gasteiger partial charge in [-0.2, -0.15) is 13.2 Å². The molecular weight excluding hydrogens is 688 g/mol. The normalized spacial score (nSPS) is 21.7. The van der Waals surface area contributed by atoms with Gasteiger partial charge in [0, 0.05) is 30.9 Å². The Morgan fingerprint density at radius 3 is 2.42 bits per heavy atom. The van der Waals surface area contributed by atoms with E-state index in [1.165, 1.54) is 17.0 Å². The molecule has 2 aromatic rings. The van der Waals surface area contributed by atoms with Crippen molar-refractivity contribution in [2.75, 3.05) is 11.9 Å². The number of alkyl halides is 3. The summed E-state index contributed by atoms with van der Waals surface area (Å²) in [7, 11) is -3.91. The molecule has 3 heterocycles. The van der Waals surface area contributed by atoms with Crippen molar-refractivity contribution in [1.82, 2.24) is 24.8 Å². The van der Waals surface area contributed by atoms with Crippen LogP contribution in [0.25, 0.3) is 0 Å². The first kappa shape index (κ1) is 35.3. The number of sulfonamides is 1. The van der Waals surface area contributed by atoms with Crippen molar-refractivity contribution in [2.24, 2.45) is 5.92 Å². The Kier molecular flexibility index (Phi) is 9.19. The van der Waals surface area contributed by atoms with E-state index >= 15 is 0 Å². The lowest BCUT2D eigenvalue weighted by atomic mass is 10.0. The van der Waals surface area contributed by atoms with Gasteiger partial charge in [-0.15, -0.1) is 0 Å². The highest BCUT2D eigenvalue weighted by molar-refractivity contribution is 7.91. The van der Waals surface area contributed by atoms with E-state index in [1.807, 2.05) is 4.72 Å². The maximum Gasteiger partial charge on any atom is 0.417 e. The first-order valence-electron chi connectivity index (χ1n) is 16.2. The lowest BCUT2D eigenvalue weighted by molar-refractivity contribution is -0.140. The Morgan fingerprint density at radius 2 is 1.80 bits per heavy atom. The van der Waals surface area contributed by atoms with Gasteiger partial charge in [0.15, 0.2) is 0 Å². The van der Waals surface area contributed by atoms with Crippen LogP contribution in [0.4, 0.5) is 28.0 Å². The average molecular weight is 725 g/mol. The number of amides is 4. The molecule has 4 amide bonds. The Labute approximate surface area is 285 Å². The van der Waals surface area contributed by atoms with Crippen LogP contribution < -0.4 is 15.4 Å². The SMILES string of the molecule is CC(C)[C@H](Nc1cncc(C(F)(F)F)c1)C(=O)N1C[C@H](OC(=O)N2Cc3cccc(F)c3C2)C[C@H]1C(=O)NC1(C(=O)NS(=O)(=O)C2CC2)CC1. The molecule has 0 radical (unpaired) electrons. The fraction of sp³-hybridized carbons (Fsp3) is 0.531. The number of carbonyl (C=O) groups is 4. The summed E-state index contributed by atoms with van der Waals surface area (Å²) in [6.07, 6.45) is -3.83. The topological polar surface area (TPSA) is 167 Å². The molecule has 0 bridgehead atoms. The molecule has 3 fully saturated rings. The fourth-order valence-corrected chi connectivity index (χ4v) is 7.57. The maximum absolute atomic E-state index is 14.3. The summed E-state index contributed by atoms with van der Waals surface area (Å²) in [5.41, 5.74) is -1.71. The summed E-state index contributed by atoms with van der Waals surface area (Å²) in [5.74, 6) is -3.38. The van der Waals surface area contributed by atoms with E-state index in [2.05, 4.69) is 15.6 Å². The zero-order valence-electron chi connectivity index (χ0n) is 27.1.